The minimum atomic E-state index is 0.535. The number of thioether (sulfide) groups is 1. The molecule has 2 heteroatoms. The van der Waals surface area contributed by atoms with E-state index in [0.717, 1.165) is 13.1 Å². The smallest absolute Gasteiger partial charge is 0.0281 e. The van der Waals surface area contributed by atoms with E-state index in [4.69, 9.17) is 0 Å². The van der Waals surface area contributed by atoms with Crippen LogP contribution in [-0.4, -0.2) is 17.5 Å². The van der Waals surface area contributed by atoms with E-state index in [1.165, 1.54) is 41.5 Å². The van der Waals surface area contributed by atoms with E-state index < -0.39 is 0 Å². The van der Waals surface area contributed by atoms with Gasteiger partial charge in [0.05, 0.1) is 0 Å². The van der Waals surface area contributed by atoms with E-state index in [1.807, 2.05) is 11.8 Å². The van der Waals surface area contributed by atoms with Crippen molar-refractivity contribution in [2.75, 3.05) is 12.8 Å². The molecule has 0 spiro atoms. The molecule has 1 aromatic carbocycles. The molecule has 0 aliphatic heterocycles. The third-order valence-electron chi connectivity index (χ3n) is 4.41. The molecule has 0 unspecified atom stereocenters. The largest absolute Gasteiger partial charge is 0.311 e. The molecule has 1 aliphatic rings. The van der Waals surface area contributed by atoms with Gasteiger partial charge in [0.15, 0.2) is 0 Å². The lowest BCUT2D eigenvalue weighted by Crippen LogP contribution is -2.43. The van der Waals surface area contributed by atoms with Gasteiger partial charge in [0.25, 0.3) is 0 Å². The monoisotopic (exact) mass is 263 g/mol. The highest BCUT2D eigenvalue weighted by molar-refractivity contribution is 8.00. The van der Waals surface area contributed by atoms with Crippen LogP contribution in [0.15, 0.2) is 12.1 Å². The molecule has 2 rings (SSSR count). The van der Waals surface area contributed by atoms with Crippen LogP contribution in [0.1, 0.15) is 41.5 Å². The lowest BCUT2D eigenvalue weighted by atomic mass is 9.84. The van der Waals surface area contributed by atoms with E-state index >= 15 is 0 Å². The van der Waals surface area contributed by atoms with Gasteiger partial charge in [0.1, 0.15) is 0 Å². The molecule has 0 heterocycles. The molecule has 1 N–H and O–H groups in total. The van der Waals surface area contributed by atoms with Gasteiger partial charge in [0.2, 0.25) is 0 Å². The van der Waals surface area contributed by atoms with Crippen LogP contribution in [0.4, 0.5) is 0 Å². The van der Waals surface area contributed by atoms with Crippen LogP contribution in [0, 0.1) is 20.8 Å². The van der Waals surface area contributed by atoms with Crippen LogP contribution >= 0.6 is 11.8 Å². The predicted molar refractivity (Wildman–Crippen MR) is 82.5 cm³/mol. The Morgan fingerprint density at radius 1 is 1.11 bits per heavy atom. The van der Waals surface area contributed by atoms with E-state index in [9.17, 15) is 0 Å². The van der Waals surface area contributed by atoms with Gasteiger partial charge in [-0.3, -0.25) is 0 Å². The molecule has 18 heavy (non-hydrogen) atoms. The lowest BCUT2D eigenvalue weighted by Gasteiger charge is -2.40. The van der Waals surface area contributed by atoms with Crippen LogP contribution in [0.2, 0.25) is 0 Å². The Labute approximate surface area is 116 Å². The van der Waals surface area contributed by atoms with Crippen molar-refractivity contribution in [2.24, 2.45) is 0 Å². The number of hydrogen-bond acceptors (Lipinski definition) is 2. The Balaban J connectivity index is 1.92. The van der Waals surface area contributed by atoms with Crippen molar-refractivity contribution in [3.05, 3.63) is 34.4 Å². The quantitative estimate of drug-likeness (QED) is 0.862. The topological polar surface area (TPSA) is 12.0 Å². The average Bonchev–Trinajstić information content (AvgIpc) is 2.29. The molecule has 0 amide bonds. The van der Waals surface area contributed by atoms with Crippen molar-refractivity contribution >= 4 is 11.8 Å². The molecule has 0 saturated heterocycles. The molecule has 1 aliphatic carbocycles. The van der Waals surface area contributed by atoms with Crippen LogP contribution in [-0.2, 0) is 6.54 Å². The average molecular weight is 263 g/mol. The fourth-order valence-electron chi connectivity index (χ4n) is 2.66. The molecular weight excluding hydrogens is 238 g/mol. The molecular formula is C16H25NS. The van der Waals surface area contributed by atoms with Crippen LogP contribution in [0.3, 0.4) is 0 Å². The van der Waals surface area contributed by atoms with Gasteiger partial charge in [-0.2, -0.15) is 11.8 Å². The van der Waals surface area contributed by atoms with Crippen LogP contribution < -0.4 is 5.32 Å². The van der Waals surface area contributed by atoms with Gasteiger partial charge in [-0.15, -0.1) is 0 Å². The molecule has 1 aromatic rings. The third-order valence-corrected chi connectivity index (χ3v) is 5.83. The minimum absolute atomic E-state index is 0.535. The number of aryl methyl sites for hydroxylation is 3. The SMILES string of the molecule is CSC1(CNCc2cc(C)c(C)cc2C)CCC1. The third kappa shape index (κ3) is 2.92. The van der Waals surface area contributed by atoms with Gasteiger partial charge in [-0.25, -0.2) is 0 Å². The molecule has 0 radical (unpaired) electrons. The maximum Gasteiger partial charge on any atom is 0.0281 e. The summed E-state index contributed by atoms with van der Waals surface area (Å²) in [7, 11) is 0. The predicted octanol–water partition coefficient (Wildman–Crippen LogP) is 3.99. The van der Waals surface area contributed by atoms with Crippen LogP contribution in [0.25, 0.3) is 0 Å². The summed E-state index contributed by atoms with van der Waals surface area (Å²) in [4.78, 5) is 0. The lowest BCUT2D eigenvalue weighted by molar-refractivity contribution is 0.345. The second-order valence-corrected chi connectivity index (χ2v) is 6.98. The maximum atomic E-state index is 3.66. The first-order valence-electron chi connectivity index (χ1n) is 6.89. The van der Waals surface area contributed by atoms with E-state index in [0.29, 0.717) is 4.75 Å². The van der Waals surface area contributed by atoms with Crippen molar-refractivity contribution in [3.8, 4) is 0 Å². The Kier molecular flexibility index (Phi) is 4.39. The first-order valence-corrected chi connectivity index (χ1v) is 8.11. The molecule has 0 bridgehead atoms. The zero-order valence-corrected chi connectivity index (χ0v) is 12.9. The van der Waals surface area contributed by atoms with Crippen molar-refractivity contribution in [2.45, 2.75) is 51.3 Å². The summed E-state index contributed by atoms with van der Waals surface area (Å²) in [5.74, 6) is 0. The van der Waals surface area contributed by atoms with E-state index in [2.05, 4.69) is 44.5 Å². The summed E-state index contributed by atoms with van der Waals surface area (Å²) >= 11 is 2.04. The van der Waals surface area contributed by atoms with E-state index in [-0.39, 0.29) is 0 Å². The zero-order chi connectivity index (χ0) is 13.2. The van der Waals surface area contributed by atoms with Gasteiger partial charge in [-0.1, -0.05) is 18.6 Å². The highest BCUT2D eigenvalue weighted by atomic mass is 32.2. The first-order chi connectivity index (χ1) is 8.56. The highest BCUT2D eigenvalue weighted by Gasteiger charge is 2.35. The van der Waals surface area contributed by atoms with Gasteiger partial charge in [-0.05, 0) is 62.1 Å². The standard InChI is InChI=1S/C16H25NS/c1-12-8-14(3)15(9-13(12)2)10-17-11-16(18-4)6-5-7-16/h8-9,17H,5-7,10-11H2,1-4H3. The Morgan fingerprint density at radius 3 is 2.33 bits per heavy atom. The normalized spacial score (nSPS) is 17.6. The van der Waals surface area contributed by atoms with Crippen molar-refractivity contribution in [3.63, 3.8) is 0 Å². The second kappa shape index (κ2) is 5.66. The number of benzene rings is 1. The Morgan fingerprint density at radius 2 is 1.78 bits per heavy atom. The number of nitrogens with one attached hydrogen (secondary N) is 1. The van der Waals surface area contributed by atoms with Crippen LogP contribution in [0.5, 0.6) is 0 Å². The maximum absolute atomic E-state index is 3.66. The van der Waals surface area contributed by atoms with Gasteiger partial charge >= 0.3 is 0 Å². The van der Waals surface area contributed by atoms with E-state index in [1.54, 1.807) is 0 Å². The number of hydrogen-bond donors (Lipinski definition) is 1. The molecule has 0 atom stereocenters. The Hall–Kier alpha value is -0.470. The Bertz CT molecular complexity index is 416. The summed E-state index contributed by atoms with van der Waals surface area (Å²) in [5, 5.41) is 3.66. The summed E-state index contributed by atoms with van der Waals surface area (Å²) < 4.78 is 0.535. The second-order valence-electron chi connectivity index (χ2n) is 5.71. The molecule has 100 valence electrons. The van der Waals surface area contributed by atoms with Crippen molar-refractivity contribution < 1.29 is 0 Å². The fraction of sp³-hybridized carbons (Fsp3) is 0.625. The minimum Gasteiger partial charge on any atom is -0.311 e. The van der Waals surface area contributed by atoms with Crippen molar-refractivity contribution in [1.29, 1.82) is 0 Å². The number of rotatable bonds is 5. The highest BCUT2D eigenvalue weighted by Crippen LogP contribution is 2.42. The van der Waals surface area contributed by atoms with Gasteiger partial charge in [0, 0.05) is 17.8 Å². The molecule has 1 nitrogen and oxygen atoms in total. The zero-order valence-electron chi connectivity index (χ0n) is 12.1. The molecule has 1 fully saturated rings. The summed E-state index contributed by atoms with van der Waals surface area (Å²) in [6, 6.07) is 4.64. The first kappa shape index (κ1) is 14.0. The summed E-state index contributed by atoms with van der Waals surface area (Å²) in [5.41, 5.74) is 5.67. The molecule has 1 saturated carbocycles. The van der Waals surface area contributed by atoms with Gasteiger partial charge < -0.3 is 5.32 Å². The van der Waals surface area contributed by atoms with Crippen molar-refractivity contribution in [1.82, 2.24) is 5.32 Å². The molecule has 0 aromatic heterocycles. The summed E-state index contributed by atoms with van der Waals surface area (Å²) in [6.45, 7) is 8.77. The fourth-order valence-corrected chi connectivity index (χ4v) is 3.60. The summed E-state index contributed by atoms with van der Waals surface area (Å²) in [6.07, 6.45) is 6.42.